The summed E-state index contributed by atoms with van der Waals surface area (Å²) in [5.74, 6) is 1.73. The molecule has 172 valence electrons. The van der Waals surface area contributed by atoms with Gasteiger partial charge in [-0.1, -0.05) is 12.1 Å². The van der Waals surface area contributed by atoms with Crippen molar-refractivity contribution in [3.63, 3.8) is 0 Å². The number of hydrogen-bond acceptors (Lipinski definition) is 7. The van der Waals surface area contributed by atoms with Gasteiger partial charge in [0, 0.05) is 29.2 Å². The first-order chi connectivity index (χ1) is 15.9. The highest BCUT2D eigenvalue weighted by Crippen LogP contribution is 2.36. The monoisotopic (exact) mass is 466 g/mol. The molecule has 1 N–H and O–H groups in total. The zero-order chi connectivity index (χ0) is 22.7. The van der Waals surface area contributed by atoms with Gasteiger partial charge in [-0.25, -0.2) is 23.1 Å². The van der Waals surface area contributed by atoms with E-state index in [2.05, 4.69) is 16.8 Å². The Morgan fingerprint density at radius 2 is 2.09 bits per heavy atom. The maximum Gasteiger partial charge on any atom is 0.164 e. The molecule has 2 atom stereocenters. The number of morpholine rings is 1. The van der Waals surface area contributed by atoms with Gasteiger partial charge in [-0.15, -0.1) is 0 Å². The maximum atomic E-state index is 12.2. The standard InChI is InChI=1S/C23H26N6O3S/c1-14-12-32-10-9-28(14)22-20-15(2)27-29(16-7-11-33(30,31)13-16)23(20)26-21(25-22)18-4-3-5-19-17(18)6-8-24-19/h3-6,8,14,16,24H,7,9-13H2,1-2H3/t14-,16?/m1/s1. The average molecular weight is 467 g/mol. The van der Waals surface area contributed by atoms with Gasteiger partial charge in [0.15, 0.2) is 21.3 Å². The highest BCUT2D eigenvalue weighted by atomic mass is 32.2. The molecule has 0 spiro atoms. The van der Waals surface area contributed by atoms with E-state index in [1.165, 1.54) is 0 Å². The molecule has 6 rings (SSSR count). The van der Waals surface area contributed by atoms with Crippen molar-refractivity contribution in [2.24, 2.45) is 0 Å². The van der Waals surface area contributed by atoms with Gasteiger partial charge in [-0.05, 0) is 32.4 Å². The minimum atomic E-state index is -3.06. The van der Waals surface area contributed by atoms with Crippen LogP contribution >= 0.6 is 0 Å². The minimum absolute atomic E-state index is 0.0965. The lowest BCUT2D eigenvalue weighted by Gasteiger charge is -2.34. The van der Waals surface area contributed by atoms with Gasteiger partial charge in [0.05, 0.1) is 47.9 Å². The molecule has 1 unspecified atom stereocenters. The van der Waals surface area contributed by atoms with Crippen LogP contribution in [0.2, 0.25) is 0 Å². The van der Waals surface area contributed by atoms with E-state index < -0.39 is 9.84 Å². The molecule has 2 aliphatic heterocycles. The quantitative estimate of drug-likeness (QED) is 0.495. The van der Waals surface area contributed by atoms with E-state index in [9.17, 15) is 8.42 Å². The lowest BCUT2D eigenvalue weighted by atomic mass is 10.1. The van der Waals surface area contributed by atoms with Gasteiger partial charge in [0.1, 0.15) is 5.82 Å². The number of aryl methyl sites for hydroxylation is 1. The zero-order valence-electron chi connectivity index (χ0n) is 18.7. The van der Waals surface area contributed by atoms with E-state index in [0.29, 0.717) is 31.1 Å². The topological polar surface area (TPSA) is 106 Å². The van der Waals surface area contributed by atoms with Crippen LogP contribution in [-0.2, 0) is 14.6 Å². The smallest absolute Gasteiger partial charge is 0.164 e. The molecule has 2 saturated heterocycles. The summed E-state index contributed by atoms with van der Waals surface area (Å²) in [6, 6.07) is 8.01. The summed E-state index contributed by atoms with van der Waals surface area (Å²) >= 11 is 0. The molecule has 4 aromatic rings. The summed E-state index contributed by atoms with van der Waals surface area (Å²) in [5.41, 5.74) is 3.46. The summed E-state index contributed by atoms with van der Waals surface area (Å²) in [6.45, 7) is 6.06. The van der Waals surface area contributed by atoms with E-state index in [0.717, 1.165) is 39.9 Å². The van der Waals surface area contributed by atoms with Gasteiger partial charge >= 0.3 is 0 Å². The normalized spacial score (nSPS) is 23.0. The Morgan fingerprint density at radius 3 is 2.88 bits per heavy atom. The second kappa shape index (κ2) is 7.53. The van der Waals surface area contributed by atoms with E-state index in [1.807, 2.05) is 42.1 Å². The van der Waals surface area contributed by atoms with Gasteiger partial charge in [-0.2, -0.15) is 5.10 Å². The molecular weight excluding hydrogens is 440 g/mol. The predicted octanol–water partition coefficient (Wildman–Crippen LogP) is 2.87. The van der Waals surface area contributed by atoms with Crippen LogP contribution in [0.25, 0.3) is 33.3 Å². The Hall–Kier alpha value is -2.98. The average Bonchev–Trinajstić information content (AvgIpc) is 3.50. The minimum Gasteiger partial charge on any atom is -0.377 e. The second-order valence-corrected chi connectivity index (χ2v) is 11.2. The Morgan fingerprint density at radius 1 is 1.21 bits per heavy atom. The SMILES string of the molecule is Cc1nn(C2CCS(=O)(=O)C2)c2nc(-c3cccc4[nH]ccc34)nc(N3CCOC[C@H]3C)c12. The Kier molecular flexibility index (Phi) is 4.70. The Bertz CT molecular complexity index is 1470. The molecular formula is C23H26N6O3S. The van der Waals surface area contributed by atoms with E-state index in [4.69, 9.17) is 19.8 Å². The predicted molar refractivity (Wildman–Crippen MR) is 127 cm³/mol. The number of benzene rings is 1. The van der Waals surface area contributed by atoms with Crippen molar-refractivity contribution in [3.8, 4) is 11.4 Å². The third-order valence-electron chi connectivity index (χ3n) is 6.74. The van der Waals surface area contributed by atoms with E-state index in [-0.39, 0.29) is 23.6 Å². The lowest BCUT2D eigenvalue weighted by molar-refractivity contribution is 0.0987. The van der Waals surface area contributed by atoms with Gasteiger partial charge in [0.25, 0.3) is 0 Å². The first-order valence-electron chi connectivity index (χ1n) is 11.3. The van der Waals surface area contributed by atoms with E-state index in [1.54, 1.807) is 0 Å². The van der Waals surface area contributed by atoms with Crippen LogP contribution < -0.4 is 4.90 Å². The number of hydrogen-bond donors (Lipinski definition) is 1. The van der Waals surface area contributed by atoms with Gasteiger partial charge in [0.2, 0.25) is 0 Å². The molecule has 0 radical (unpaired) electrons. The largest absolute Gasteiger partial charge is 0.377 e. The number of anilines is 1. The molecule has 0 aliphatic carbocycles. The Labute approximate surface area is 191 Å². The first kappa shape index (κ1) is 20.6. The van der Waals surface area contributed by atoms with Crippen LogP contribution in [0.15, 0.2) is 30.5 Å². The van der Waals surface area contributed by atoms with Crippen molar-refractivity contribution < 1.29 is 13.2 Å². The molecule has 2 aliphatic rings. The van der Waals surface area contributed by atoms with Crippen molar-refractivity contribution >= 4 is 37.6 Å². The fraction of sp³-hybridized carbons (Fsp3) is 0.435. The molecule has 0 bridgehead atoms. The van der Waals surface area contributed by atoms with Crippen LogP contribution in [0.1, 0.15) is 25.1 Å². The van der Waals surface area contributed by atoms with Crippen molar-refractivity contribution in [1.29, 1.82) is 0 Å². The van der Waals surface area contributed by atoms with Crippen molar-refractivity contribution in [3.05, 3.63) is 36.2 Å². The fourth-order valence-electron chi connectivity index (χ4n) is 5.06. The highest BCUT2D eigenvalue weighted by Gasteiger charge is 2.33. The van der Waals surface area contributed by atoms with Crippen LogP contribution in [-0.4, -0.2) is 70.5 Å². The van der Waals surface area contributed by atoms with Crippen LogP contribution in [0.4, 0.5) is 5.82 Å². The molecule has 5 heterocycles. The number of aromatic nitrogens is 5. The van der Waals surface area contributed by atoms with Crippen molar-refractivity contribution in [2.75, 3.05) is 36.2 Å². The highest BCUT2D eigenvalue weighted by molar-refractivity contribution is 7.91. The summed E-state index contributed by atoms with van der Waals surface area (Å²) in [7, 11) is -3.06. The number of ether oxygens (including phenoxy) is 1. The lowest BCUT2D eigenvalue weighted by Crippen LogP contribution is -2.44. The summed E-state index contributed by atoms with van der Waals surface area (Å²) in [5, 5.41) is 6.72. The van der Waals surface area contributed by atoms with Crippen LogP contribution in [0.5, 0.6) is 0 Å². The molecule has 10 heteroatoms. The summed E-state index contributed by atoms with van der Waals surface area (Å²) in [6.07, 6.45) is 2.46. The fourth-order valence-corrected chi connectivity index (χ4v) is 6.75. The summed E-state index contributed by atoms with van der Waals surface area (Å²) in [4.78, 5) is 15.6. The number of sulfone groups is 1. The van der Waals surface area contributed by atoms with Crippen molar-refractivity contribution in [2.45, 2.75) is 32.4 Å². The number of rotatable bonds is 3. The third kappa shape index (κ3) is 3.39. The van der Waals surface area contributed by atoms with Gasteiger partial charge in [-0.3, -0.25) is 0 Å². The van der Waals surface area contributed by atoms with Crippen LogP contribution in [0.3, 0.4) is 0 Å². The van der Waals surface area contributed by atoms with E-state index >= 15 is 0 Å². The molecule has 9 nitrogen and oxygen atoms in total. The van der Waals surface area contributed by atoms with Crippen molar-refractivity contribution in [1.82, 2.24) is 24.7 Å². The van der Waals surface area contributed by atoms with Gasteiger partial charge < -0.3 is 14.6 Å². The molecule has 33 heavy (non-hydrogen) atoms. The van der Waals surface area contributed by atoms with Crippen LogP contribution in [0, 0.1) is 6.92 Å². The zero-order valence-corrected chi connectivity index (χ0v) is 19.5. The summed E-state index contributed by atoms with van der Waals surface area (Å²) < 4.78 is 31.9. The maximum absolute atomic E-state index is 12.2. The number of H-pyrrole nitrogens is 1. The molecule has 3 aromatic heterocycles. The molecule has 2 fully saturated rings. The second-order valence-electron chi connectivity index (χ2n) is 9.02. The number of aromatic amines is 1. The third-order valence-corrected chi connectivity index (χ3v) is 8.49. The first-order valence-corrected chi connectivity index (χ1v) is 13.1. The molecule has 0 amide bonds. The number of nitrogens with one attached hydrogen (secondary N) is 1. The Balaban J connectivity index is 1.62. The molecule has 1 aromatic carbocycles. The number of fused-ring (bicyclic) bond motifs is 2. The number of nitrogens with zero attached hydrogens (tertiary/aromatic N) is 5. The molecule has 0 saturated carbocycles.